The van der Waals surface area contributed by atoms with E-state index < -0.39 is 53.6 Å². The normalized spacial score (nSPS) is 26.8. The second-order valence-corrected chi connectivity index (χ2v) is 14.1. The predicted octanol–water partition coefficient (Wildman–Crippen LogP) is 4.32. The highest BCUT2D eigenvalue weighted by Crippen LogP contribution is 2.61. The summed E-state index contributed by atoms with van der Waals surface area (Å²) in [5.41, 5.74) is 1.80. The zero-order valence-electron chi connectivity index (χ0n) is 27.6. The Morgan fingerprint density at radius 1 is 1.15 bits per heavy atom. The third-order valence-corrected chi connectivity index (χ3v) is 10.6. The van der Waals surface area contributed by atoms with Crippen molar-refractivity contribution in [3.05, 3.63) is 90.5 Å². The lowest BCUT2D eigenvalue weighted by Crippen LogP contribution is -2.59. The minimum Gasteiger partial charge on any atom is -0.455 e. The molecule has 3 fully saturated rings. The molecule has 5 rings (SSSR count). The molecule has 2 aromatic rings. The fraction of sp³-hybridized carbons (Fsp3) is 0.459. The highest BCUT2D eigenvalue weighted by atomic mass is 79.9. The molecule has 3 aliphatic rings. The zero-order valence-corrected chi connectivity index (χ0v) is 29.2. The van der Waals surface area contributed by atoms with Crippen molar-refractivity contribution >= 4 is 45.3 Å². The van der Waals surface area contributed by atoms with Gasteiger partial charge in [-0.3, -0.25) is 19.2 Å². The molecular weight excluding hydrogens is 678 g/mol. The summed E-state index contributed by atoms with van der Waals surface area (Å²) in [7, 11) is 0. The number of likely N-dealkylation sites (tertiary alicyclic amines) is 1. The van der Waals surface area contributed by atoms with Crippen LogP contribution in [0.2, 0.25) is 0 Å². The number of para-hydroxylation sites is 1. The number of aliphatic hydroxyl groups excluding tert-OH is 1. The Morgan fingerprint density at radius 3 is 2.46 bits per heavy atom. The Balaban J connectivity index is 1.51. The molecule has 10 nitrogen and oxygen atoms in total. The number of ether oxygens (including phenoxy) is 2. The number of aliphatic hydroxyl groups is 1. The molecule has 0 aromatic heterocycles. The van der Waals surface area contributed by atoms with Crippen molar-refractivity contribution in [1.29, 1.82) is 0 Å². The average Bonchev–Trinajstić information content (AvgIpc) is 3.67. The Kier molecular flexibility index (Phi) is 10.9. The van der Waals surface area contributed by atoms with Crippen molar-refractivity contribution in [3.63, 3.8) is 0 Å². The number of amides is 3. The van der Waals surface area contributed by atoms with E-state index in [9.17, 15) is 24.3 Å². The van der Waals surface area contributed by atoms with Crippen LogP contribution >= 0.6 is 15.9 Å². The third-order valence-electron chi connectivity index (χ3n) is 9.75. The Labute approximate surface area is 290 Å². The van der Waals surface area contributed by atoms with Crippen molar-refractivity contribution in [3.8, 4) is 0 Å². The molecule has 3 aliphatic heterocycles. The van der Waals surface area contributed by atoms with Crippen molar-refractivity contribution in [2.75, 3.05) is 24.6 Å². The van der Waals surface area contributed by atoms with Gasteiger partial charge in [-0.1, -0.05) is 76.6 Å². The Morgan fingerprint density at radius 2 is 1.83 bits per heavy atom. The number of nitrogens with zero attached hydrogens (tertiary/aromatic N) is 2. The molecule has 0 radical (unpaired) electrons. The first-order valence-electron chi connectivity index (χ1n) is 16.4. The molecular formula is C37H44BrN3O7. The van der Waals surface area contributed by atoms with Crippen molar-refractivity contribution < 1.29 is 33.8 Å². The van der Waals surface area contributed by atoms with Crippen molar-refractivity contribution in [2.45, 2.75) is 74.8 Å². The lowest BCUT2D eigenvalue weighted by molar-refractivity contribution is -0.160. The maximum absolute atomic E-state index is 14.9. The monoisotopic (exact) mass is 721 g/mol. The van der Waals surface area contributed by atoms with E-state index in [2.05, 4.69) is 34.4 Å². The molecule has 48 heavy (non-hydrogen) atoms. The molecule has 3 saturated heterocycles. The van der Waals surface area contributed by atoms with Crippen LogP contribution in [-0.4, -0.2) is 82.0 Å². The molecule has 3 heterocycles. The number of halogens is 1. The van der Waals surface area contributed by atoms with E-state index in [1.165, 1.54) is 4.90 Å². The number of hydrogen-bond donors (Lipinski definition) is 2. The summed E-state index contributed by atoms with van der Waals surface area (Å²) in [4.78, 5) is 58.7. The average molecular weight is 723 g/mol. The van der Waals surface area contributed by atoms with Crippen LogP contribution in [0.15, 0.2) is 73.8 Å². The van der Waals surface area contributed by atoms with Gasteiger partial charge >= 0.3 is 5.97 Å². The van der Waals surface area contributed by atoms with E-state index in [-0.39, 0.29) is 42.8 Å². The molecule has 11 heteroatoms. The number of hydrogen-bond acceptors (Lipinski definition) is 7. The van der Waals surface area contributed by atoms with Gasteiger partial charge in [0.1, 0.15) is 17.7 Å². The van der Waals surface area contributed by atoms with Crippen molar-refractivity contribution in [1.82, 2.24) is 10.2 Å². The molecule has 0 aliphatic carbocycles. The fourth-order valence-electron chi connectivity index (χ4n) is 7.62. The maximum Gasteiger partial charge on any atom is 0.313 e. The quantitative estimate of drug-likeness (QED) is 0.169. The Hall–Kier alpha value is -3.80. The third kappa shape index (κ3) is 6.35. The highest BCUT2D eigenvalue weighted by molar-refractivity contribution is 9.09. The number of aryl methyl sites for hydroxylation is 2. The molecule has 3 amide bonds. The van der Waals surface area contributed by atoms with Crippen LogP contribution in [0.4, 0.5) is 5.69 Å². The topological polar surface area (TPSA) is 125 Å². The van der Waals surface area contributed by atoms with E-state index in [1.807, 2.05) is 62.4 Å². The smallest absolute Gasteiger partial charge is 0.313 e. The Bertz CT molecular complexity index is 1550. The van der Waals surface area contributed by atoms with Crippen LogP contribution in [0.5, 0.6) is 0 Å². The van der Waals surface area contributed by atoms with Gasteiger partial charge in [-0.15, -0.1) is 13.2 Å². The van der Waals surface area contributed by atoms with Crippen LogP contribution in [0.1, 0.15) is 49.0 Å². The lowest BCUT2D eigenvalue weighted by Gasteiger charge is -2.39. The summed E-state index contributed by atoms with van der Waals surface area (Å²) in [6.07, 6.45) is 2.79. The van der Waals surface area contributed by atoms with Gasteiger partial charge in [0, 0.05) is 23.5 Å². The number of carbonyl (C=O) groups excluding carboxylic acids is 4. The largest absolute Gasteiger partial charge is 0.455 e. The van der Waals surface area contributed by atoms with Gasteiger partial charge in [-0.05, 0) is 50.3 Å². The number of fused-ring (bicyclic) bond motifs is 1. The minimum absolute atomic E-state index is 0.0343. The van der Waals surface area contributed by atoms with Crippen LogP contribution < -0.4 is 10.2 Å². The van der Waals surface area contributed by atoms with Crippen molar-refractivity contribution in [2.24, 2.45) is 11.8 Å². The molecule has 1 unspecified atom stereocenters. The maximum atomic E-state index is 14.9. The summed E-state index contributed by atoms with van der Waals surface area (Å²) < 4.78 is 12.8. The van der Waals surface area contributed by atoms with Gasteiger partial charge in [0.05, 0.1) is 37.1 Å². The minimum atomic E-state index is -1.35. The molecule has 2 aromatic carbocycles. The molecule has 1 spiro atoms. The molecule has 256 valence electrons. The second-order valence-electron chi connectivity index (χ2n) is 12.9. The van der Waals surface area contributed by atoms with Crippen LogP contribution in [0.3, 0.4) is 0 Å². The van der Waals surface area contributed by atoms with E-state index in [4.69, 9.17) is 9.47 Å². The highest BCUT2D eigenvalue weighted by Gasteiger charge is 2.77. The number of nitrogens with one attached hydrogen (secondary N) is 1. The second kappa shape index (κ2) is 14.8. The number of benzene rings is 2. The summed E-state index contributed by atoms with van der Waals surface area (Å²) in [6.45, 7) is 12.9. The van der Waals surface area contributed by atoms with Gasteiger partial charge in [-0.25, -0.2) is 0 Å². The van der Waals surface area contributed by atoms with Gasteiger partial charge in [0.2, 0.25) is 11.8 Å². The number of esters is 1. The molecule has 8 atom stereocenters. The first-order chi connectivity index (χ1) is 23.0. The number of allylic oxidation sites excluding steroid dienone is 1. The molecule has 0 saturated carbocycles. The van der Waals surface area contributed by atoms with Gasteiger partial charge in [0.15, 0.2) is 0 Å². The van der Waals surface area contributed by atoms with E-state index in [1.54, 1.807) is 24.0 Å². The van der Waals surface area contributed by atoms with E-state index in [0.717, 1.165) is 11.1 Å². The number of alkyl halides is 1. The van der Waals surface area contributed by atoms with Gasteiger partial charge < -0.3 is 29.7 Å². The first-order valence-corrected chi connectivity index (χ1v) is 17.3. The van der Waals surface area contributed by atoms with Crippen LogP contribution in [-0.2, 0) is 28.7 Å². The number of anilines is 1. The number of rotatable bonds is 14. The van der Waals surface area contributed by atoms with Crippen LogP contribution in [0, 0.1) is 25.7 Å². The van der Waals surface area contributed by atoms with Gasteiger partial charge in [-0.2, -0.15) is 0 Å². The zero-order chi connectivity index (χ0) is 34.7. The lowest BCUT2D eigenvalue weighted by atomic mass is 9.70. The number of carbonyl (C=O) groups is 4. The first kappa shape index (κ1) is 35.5. The fourth-order valence-corrected chi connectivity index (χ4v) is 8.56. The van der Waals surface area contributed by atoms with E-state index in [0.29, 0.717) is 24.1 Å². The standard InChI is InChI=1S/C37H44BrN3O7/c1-6-8-17-28(43)39-20-27(25-15-10-9-11-16-25)47-36(46)29-30-34(44)41(24(5)21-42)33(37(30)19-26(38)32(29)48-37)35(45)40(18-7-2)31-22(3)13-12-14-23(31)4/h6-7,9-16,24,26-27,29-30,32-33,42H,1-2,8,17-21H2,3-5H3,(H,39,43)/t24-,26?,27+,29+,30-,32+,33+,37-/m1/s1. The summed E-state index contributed by atoms with van der Waals surface area (Å²) in [6, 6.07) is 13.0. The summed E-state index contributed by atoms with van der Waals surface area (Å²) >= 11 is 3.71. The predicted molar refractivity (Wildman–Crippen MR) is 185 cm³/mol. The van der Waals surface area contributed by atoms with E-state index >= 15 is 0 Å². The molecule has 2 bridgehead atoms. The summed E-state index contributed by atoms with van der Waals surface area (Å²) in [5.74, 6) is -3.72. The van der Waals surface area contributed by atoms with Gasteiger partial charge in [0.25, 0.3) is 5.91 Å². The SMILES string of the molecule is C=CCCC(=O)NC[C@H](OC(=O)[C@@H]1[C@H]2O[C@@]3(CC2Br)[C@H](C(=O)N(CC=C)c2c(C)cccc2C)N([C@H](C)CO)C(=O)[C@@H]13)c1ccccc1. The van der Waals surface area contributed by atoms with Crippen LogP contribution in [0.25, 0.3) is 0 Å². The molecule has 2 N–H and O–H groups in total. The summed E-state index contributed by atoms with van der Waals surface area (Å²) in [5, 5.41) is 13.1.